The van der Waals surface area contributed by atoms with Gasteiger partial charge in [-0.3, -0.25) is 4.79 Å². The molecule has 0 saturated carbocycles. The SMILES string of the molecule is CCC1(C)NC(=O)N(c2cc(Cl)ccc2Cl)C1=O. The first kappa shape index (κ1) is 13.2. The molecule has 18 heavy (non-hydrogen) atoms. The van der Waals surface area contributed by atoms with Gasteiger partial charge < -0.3 is 5.32 Å². The van der Waals surface area contributed by atoms with Crippen molar-refractivity contribution in [2.45, 2.75) is 25.8 Å². The minimum atomic E-state index is -0.886. The van der Waals surface area contributed by atoms with Gasteiger partial charge in [-0.15, -0.1) is 0 Å². The number of imide groups is 1. The number of hydrogen-bond acceptors (Lipinski definition) is 2. The number of rotatable bonds is 2. The van der Waals surface area contributed by atoms with Gasteiger partial charge >= 0.3 is 6.03 Å². The van der Waals surface area contributed by atoms with Crippen molar-refractivity contribution in [2.24, 2.45) is 0 Å². The fraction of sp³-hybridized carbons (Fsp3) is 0.333. The van der Waals surface area contributed by atoms with Crippen molar-refractivity contribution >= 4 is 40.8 Å². The van der Waals surface area contributed by atoms with Crippen molar-refractivity contribution in [3.63, 3.8) is 0 Å². The van der Waals surface area contributed by atoms with Crippen LogP contribution in [-0.2, 0) is 4.79 Å². The topological polar surface area (TPSA) is 49.4 Å². The summed E-state index contributed by atoms with van der Waals surface area (Å²) in [5.74, 6) is -0.320. The number of nitrogens with one attached hydrogen (secondary N) is 1. The molecule has 0 aliphatic carbocycles. The normalized spacial score (nSPS) is 23.4. The van der Waals surface area contributed by atoms with Crippen LogP contribution in [0.2, 0.25) is 10.0 Å². The molecule has 1 aliphatic rings. The quantitative estimate of drug-likeness (QED) is 0.849. The highest BCUT2D eigenvalue weighted by atomic mass is 35.5. The minimum Gasteiger partial charge on any atom is -0.323 e. The van der Waals surface area contributed by atoms with E-state index < -0.39 is 11.6 Å². The first-order valence-corrected chi connectivity index (χ1v) is 6.26. The number of amides is 3. The third kappa shape index (κ3) is 1.95. The van der Waals surface area contributed by atoms with Gasteiger partial charge in [0.15, 0.2) is 0 Å². The fourth-order valence-corrected chi connectivity index (χ4v) is 2.17. The van der Waals surface area contributed by atoms with Gasteiger partial charge in [0, 0.05) is 5.02 Å². The van der Waals surface area contributed by atoms with E-state index in [2.05, 4.69) is 5.32 Å². The van der Waals surface area contributed by atoms with Crippen LogP contribution in [0.25, 0.3) is 0 Å². The molecule has 1 atom stereocenters. The van der Waals surface area contributed by atoms with Gasteiger partial charge in [0.2, 0.25) is 0 Å². The number of urea groups is 1. The minimum absolute atomic E-state index is 0.309. The van der Waals surface area contributed by atoms with E-state index in [1.807, 2.05) is 6.92 Å². The van der Waals surface area contributed by atoms with Crippen molar-refractivity contribution in [3.8, 4) is 0 Å². The second kappa shape index (κ2) is 4.44. The van der Waals surface area contributed by atoms with Crippen molar-refractivity contribution in [1.29, 1.82) is 0 Å². The molecule has 1 fully saturated rings. The Balaban J connectivity index is 2.49. The number of hydrogen-bond donors (Lipinski definition) is 1. The Kier molecular flexibility index (Phi) is 3.25. The van der Waals surface area contributed by atoms with Crippen LogP contribution in [0.5, 0.6) is 0 Å². The van der Waals surface area contributed by atoms with Crippen molar-refractivity contribution < 1.29 is 9.59 Å². The maximum Gasteiger partial charge on any atom is 0.329 e. The maximum absolute atomic E-state index is 12.3. The molecule has 1 N–H and O–H groups in total. The lowest BCUT2D eigenvalue weighted by Crippen LogP contribution is -2.43. The van der Waals surface area contributed by atoms with E-state index in [0.717, 1.165) is 4.90 Å². The van der Waals surface area contributed by atoms with E-state index in [9.17, 15) is 9.59 Å². The summed E-state index contributed by atoms with van der Waals surface area (Å²) in [6, 6.07) is 4.18. The van der Waals surface area contributed by atoms with Gasteiger partial charge in [-0.1, -0.05) is 30.1 Å². The summed E-state index contributed by atoms with van der Waals surface area (Å²) in [7, 11) is 0. The molecule has 4 nitrogen and oxygen atoms in total. The molecule has 1 heterocycles. The van der Waals surface area contributed by atoms with Crippen molar-refractivity contribution in [1.82, 2.24) is 5.32 Å². The predicted octanol–water partition coefficient (Wildman–Crippen LogP) is 3.22. The van der Waals surface area contributed by atoms with Crippen LogP contribution in [0.3, 0.4) is 0 Å². The molecule has 1 aliphatic heterocycles. The average molecular weight is 287 g/mol. The number of benzene rings is 1. The lowest BCUT2D eigenvalue weighted by molar-refractivity contribution is -0.121. The lowest BCUT2D eigenvalue weighted by atomic mass is 9.99. The Morgan fingerprint density at radius 3 is 2.56 bits per heavy atom. The zero-order valence-electron chi connectivity index (χ0n) is 9.96. The average Bonchev–Trinajstić information content (AvgIpc) is 2.55. The second-order valence-electron chi connectivity index (χ2n) is 4.35. The van der Waals surface area contributed by atoms with E-state index in [1.54, 1.807) is 19.1 Å². The highest BCUT2D eigenvalue weighted by Crippen LogP contribution is 2.33. The molecule has 3 amide bonds. The van der Waals surface area contributed by atoms with Gasteiger partial charge in [0.1, 0.15) is 5.54 Å². The summed E-state index contributed by atoms with van der Waals surface area (Å²) < 4.78 is 0. The Hall–Kier alpha value is -1.26. The van der Waals surface area contributed by atoms with Crippen LogP contribution in [0, 0.1) is 0 Å². The van der Waals surface area contributed by atoms with Crippen molar-refractivity contribution in [2.75, 3.05) is 4.90 Å². The smallest absolute Gasteiger partial charge is 0.323 e. The second-order valence-corrected chi connectivity index (χ2v) is 5.20. The van der Waals surface area contributed by atoms with Gasteiger partial charge in [0.05, 0.1) is 10.7 Å². The fourth-order valence-electron chi connectivity index (χ4n) is 1.80. The van der Waals surface area contributed by atoms with Crippen LogP contribution in [0.15, 0.2) is 18.2 Å². The molecule has 0 aromatic heterocycles. The molecule has 96 valence electrons. The van der Waals surface area contributed by atoms with E-state index >= 15 is 0 Å². The third-order valence-electron chi connectivity index (χ3n) is 3.12. The lowest BCUT2D eigenvalue weighted by Gasteiger charge is -2.19. The molecule has 6 heteroatoms. The summed E-state index contributed by atoms with van der Waals surface area (Å²) in [5.41, 5.74) is -0.577. The zero-order valence-corrected chi connectivity index (χ0v) is 11.5. The first-order valence-electron chi connectivity index (χ1n) is 5.51. The first-order chi connectivity index (χ1) is 8.39. The summed E-state index contributed by atoms with van der Waals surface area (Å²) >= 11 is 11.9. The van der Waals surface area contributed by atoms with Crippen LogP contribution in [-0.4, -0.2) is 17.5 Å². The van der Waals surface area contributed by atoms with E-state index in [4.69, 9.17) is 23.2 Å². The van der Waals surface area contributed by atoms with Gasteiger partial charge in [-0.25, -0.2) is 9.69 Å². The van der Waals surface area contributed by atoms with Gasteiger partial charge in [-0.2, -0.15) is 0 Å². The molecular formula is C12H12Cl2N2O2. The Morgan fingerprint density at radius 1 is 1.33 bits per heavy atom. The highest BCUT2D eigenvalue weighted by molar-refractivity contribution is 6.37. The Bertz CT molecular complexity index is 533. The standard InChI is InChI=1S/C12H12Cl2N2O2/c1-3-12(2)10(17)16(11(18)15-12)9-6-7(13)4-5-8(9)14/h4-6H,3H2,1-2H3,(H,15,18). The van der Waals surface area contributed by atoms with Crippen LogP contribution in [0.1, 0.15) is 20.3 Å². The third-order valence-corrected chi connectivity index (χ3v) is 3.67. The molecule has 1 aromatic carbocycles. The summed E-state index contributed by atoms with van der Waals surface area (Å²) in [6.07, 6.45) is 0.506. The van der Waals surface area contributed by atoms with Crippen LogP contribution in [0.4, 0.5) is 10.5 Å². The number of nitrogens with zero attached hydrogens (tertiary/aromatic N) is 1. The summed E-state index contributed by atoms with van der Waals surface area (Å²) in [6.45, 7) is 3.52. The van der Waals surface area contributed by atoms with E-state index in [0.29, 0.717) is 22.2 Å². The Labute approximate surface area is 115 Å². The maximum atomic E-state index is 12.3. The number of carbonyl (C=O) groups excluding carboxylic acids is 2. The zero-order chi connectivity index (χ0) is 13.5. The molecule has 2 rings (SSSR count). The molecule has 0 radical (unpaired) electrons. The van der Waals surface area contributed by atoms with Crippen LogP contribution < -0.4 is 10.2 Å². The van der Waals surface area contributed by atoms with E-state index in [-0.39, 0.29) is 5.91 Å². The van der Waals surface area contributed by atoms with Crippen LogP contribution >= 0.6 is 23.2 Å². The van der Waals surface area contributed by atoms with Gasteiger partial charge in [-0.05, 0) is 31.5 Å². The number of halogens is 2. The molecular weight excluding hydrogens is 275 g/mol. The summed E-state index contributed by atoms with van der Waals surface area (Å²) in [5, 5.41) is 3.39. The highest BCUT2D eigenvalue weighted by Gasteiger charge is 2.47. The van der Waals surface area contributed by atoms with Crippen molar-refractivity contribution in [3.05, 3.63) is 28.2 Å². The molecule has 1 unspecified atom stereocenters. The predicted molar refractivity (Wildman–Crippen MR) is 71.2 cm³/mol. The number of anilines is 1. The summed E-state index contributed by atoms with van der Waals surface area (Å²) in [4.78, 5) is 25.2. The Morgan fingerprint density at radius 2 is 2.00 bits per heavy atom. The van der Waals surface area contributed by atoms with E-state index in [1.165, 1.54) is 6.07 Å². The molecule has 1 aromatic rings. The number of carbonyl (C=O) groups is 2. The monoisotopic (exact) mass is 286 g/mol. The molecule has 0 spiro atoms. The van der Waals surface area contributed by atoms with Gasteiger partial charge in [0.25, 0.3) is 5.91 Å². The molecule has 1 saturated heterocycles. The molecule has 0 bridgehead atoms. The largest absolute Gasteiger partial charge is 0.329 e.